The molecule has 0 spiro atoms. The Morgan fingerprint density at radius 3 is 2.39 bits per heavy atom. The summed E-state index contributed by atoms with van der Waals surface area (Å²) in [5.41, 5.74) is 9.00. The largest absolute Gasteiger partial charge is 0.339 e. The van der Waals surface area contributed by atoms with Gasteiger partial charge in [-0.25, -0.2) is 9.97 Å². The summed E-state index contributed by atoms with van der Waals surface area (Å²) in [5.74, 6) is 1.69. The Morgan fingerprint density at radius 2 is 1.68 bits per heavy atom. The van der Waals surface area contributed by atoms with Gasteiger partial charge >= 0.3 is 0 Å². The molecule has 4 nitrogen and oxygen atoms in total. The van der Waals surface area contributed by atoms with Crippen LogP contribution < -0.4 is 5.32 Å². The molecular weight excluding hydrogens is 344 g/mol. The first-order valence-corrected chi connectivity index (χ1v) is 9.77. The number of aromatic nitrogens is 3. The van der Waals surface area contributed by atoms with Crippen LogP contribution in [0.1, 0.15) is 35.0 Å². The van der Waals surface area contributed by atoms with E-state index in [0.717, 1.165) is 46.3 Å². The number of benzene rings is 2. The second-order valence-corrected chi connectivity index (χ2v) is 7.44. The van der Waals surface area contributed by atoms with Crippen molar-refractivity contribution in [2.45, 2.75) is 41.0 Å². The smallest absolute Gasteiger partial charge is 0.236 e. The van der Waals surface area contributed by atoms with Crippen LogP contribution in [0.15, 0.2) is 48.5 Å². The van der Waals surface area contributed by atoms with Crippen molar-refractivity contribution < 1.29 is 0 Å². The SMILES string of the molecule is CCc1cccc(C)c1Nc1c(-c2ccc(C)cc2)nc2nc(C)cc(C)n12. The van der Waals surface area contributed by atoms with Crippen molar-refractivity contribution in [3.8, 4) is 11.3 Å². The number of fused-ring (bicyclic) bond motifs is 1. The van der Waals surface area contributed by atoms with E-state index in [1.54, 1.807) is 0 Å². The van der Waals surface area contributed by atoms with E-state index in [4.69, 9.17) is 4.98 Å². The van der Waals surface area contributed by atoms with E-state index >= 15 is 0 Å². The first-order valence-electron chi connectivity index (χ1n) is 9.77. The van der Waals surface area contributed by atoms with Crippen molar-refractivity contribution in [1.82, 2.24) is 14.4 Å². The van der Waals surface area contributed by atoms with Crippen LogP contribution in [0.3, 0.4) is 0 Å². The van der Waals surface area contributed by atoms with Crippen LogP contribution >= 0.6 is 0 Å². The van der Waals surface area contributed by atoms with Crippen LogP contribution in [-0.2, 0) is 6.42 Å². The minimum absolute atomic E-state index is 0.724. The number of anilines is 2. The Bertz CT molecular complexity index is 1150. The van der Waals surface area contributed by atoms with Crippen LogP contribution in [-0.4, -0.2) is 14.4 Å². The van der Waals surface area contributed by atoms with Crippen molar-refractivity contribution >= 4 is 17.3 Å². The second-order valence-electron chi connectivity index (χ2n) is 7.44. The molecule has 0 unspecified atom stereocenters. The Kier molecular flexibility index (Phi) is 4.63. The summed E-state index contributed by atoms with van der Waals surface area (Å²) in [7, 11) is 0. The zero-order valence-electron chi connectivity index (χ0n) is 17.2. The molecule has 0 aliphatic rings. The lowest BCUT2D eigenvalue weighted by molar-refractivity contribution is 1.01. The molecule has 1 N–H and O–H groups in total. The van der Waals surface area contributed by atoms with Crippen LogP contribution in [0.5, 0.6) is 0 Å². The lowest BCUT2D eigenvalue weighted by atomic mass is 10.1. The molecule has 0 radical (unpaired) electrons. The van der Waals surface area contributed by atoms with E-state index in [1.807, 2.05) is 6.92 Å². The van der Waals surface area contributed by atoms with Crippen molar-refractivity contribution in [3.63, 3.8) is 0 Å². The highest BCUT2D eigenvalue weighted by molar-refractivity contribution is 5.81. The number of hydrogen-bond acceptors (Lipinski definition) is 3. The van der Waals surface area contributed by atoms with Gasteiger partial charge in [-0.15, -0.1) is 0 Å². The highest BCUT2D eigenvalue weighted by Gasteiger charge is 2.18. The van der Waals surface area contributed by atoms with E-state index in [0.29, 0.717) is 0 Å². The molecule has 2 aromatic heterocycles. The molecule has 4 aromatic rings. The zero-order valence-corrected chi connectivity index (χ0v) is 17.2. The third-order valence-electron chi connectivity index (χ3n) is 5.21. The Balaban J connectivity index is 1.98. The Hall–Kier alpha value is -3.14. The Labute approximate surface area is 166 Å². The van der Waals surface area contributed by atoms with E-state index < -0.39 is 0 Å². The fourth-order valence-electron chi connectivity index (χ4n) is 3.72. The predicted molar refractivity (Wildman–Crippen MR) is 116 cm³/mol. The van der Waals surface area contributed by atoms with Gasteiger partial charge in [0.25, 0.3) is 0 Å². The maximum atomic E-state index is 4.90. The Morgan fingerprint density at radius 1 is 0.929 bits per heavy atom. The monoisotopic (exact) mass is 370 g/mol. The predicted octanol–water partition coefficient (Wildman–Crippen LogP) is 5.94. The highest BCUT2D eigenvalue weighted by Crippen LogP contribution is 2.34. The molecule has 142 valence electrons. The van der Waals surface area contributed by atoms with E-state index in [2.05, 4.69) is 90.9 Å². The van der Waals surface area contributed by atoms with Gasteiger partial charge in [0.2, 0.25) is 5.78 Å². The van der Waals surface area contributed by atoms with Gasteiger partial charge in [-0.2, -0.15) is 0 Å². The van der Waals surface area contributed by atoms with Gasteiger partial charge in [-0.1, -0.05) is 55.0 Å². The lowest BCUT2D eigenvalue weighted by Gasteiger charge is -2.16. The fourth-order valence-corrected chi connectivity index (χ4v) is 3.72. The number of nitrogens with zero attached hydrogens (tertiary/aromatic N) is 3. The molecule has 4 heteroatoms. The molecule has 28 heavy (non-hydrogen) atoms. The molecule has 0 aliphatic carbocycles. The minimum Gasteiger partial charge on any atom is -0.339 e. The number of imidazole rings is 1. The first-order chi connectivity index (χ1) is 13.5. The average Bonchev–Trinajstić information content (AvgIpc) is 3.02. The average molecular weight is 371 g/mol. The van der Waals surface area contributed by atoms with Gasteiger partial charge in [0.05, 0.1) is 0 Å². The molecule has 0 bridgehead atoms. The van der Waals surface area contributed by atoms with Crippen molar-refractivity contribution in [2.75, 3.05) is 5.32 Å². The molecular formula is C24H26N4. The summed E-state index contributed by atoms with van der Waals surface area (Å²) in [6.07, 6.45) is 0.969. The van der Waals surface area contributed by atoms with Crippen LogP contribution in [0.4, 0.5) is 11.5 Å². The highest BCUT2D eigenvalue weighted by atomic mass is 15.2. The maximum Gasteiger partial charge on any atom is 0.236 e. The van der Waals surface area contributed by atoms with Gasteiger partial charge < -0.3 is 5.32 Å². The quantitative estimate of drug-likeness (QED) is 0.484. The van der Waals surface area contributed by atoms with Crippen molar-refractivity contribution in [1.29, 1.82) is 0 Å². The lowest BCUT2D eigenvalue weighted by Crippen LogP contribution is -2.04. The van der Waals surface area contributed by atoms with Crippen LogP contribution in [0.2, 0.25) is 0 Å². The third kappa shape index (κ3) is 3.15. The minimum atomic E-state index is 0.724. The molecule has 2 heterocycles. The van der Waals surface area contributed by atoms with Gasteiger partial charge in [-0.3, -0.25) is 4.40 Å². The molecule has 4 rings (SSSR count). The number of hydrogen-bond donors (Lipinski definition) is 1. The van der Waals surface area contributed by atoms with Gasteiger partial charge in [-0.05, 0) is 51.3 Å². The molecule has 0 fully saturated rings. The third-order valence-corrected chi connectivity index (χ3v) is 5.21. The van der Waals surface area contributed by atoms with Gasteiger partial charge in [0, 0.05) is 22.6 Å². The molecule has 0 atom stereocenters. The van der Waals surface area contributed by atoms with E-state index in [-0.39, 0.29) is 0 Å². The van der Waals surface area contributed by atoms with Gasteiger partial charge in [0.1, 0.15) is 11.5 Å². The number of nitrogens with one attached hydrogen (secondary N) is 1. The molecule has 2 aromatic carbocycles. The van der Waals surface area contributed by atoms with Crippen molar-refractivity contribution in [3.05, 3.63) is 76.6 Å². The zero-order chi connectivity index (χ0) is 19.8. The maximum absolute atomic E-state index is 4.90. The number of rotatable bonds is 4. The second kappa shape index (κ2) is 7.12. The van der Waals surface area contributed by atoms with Crippen LogP contribution in [0.25, 0.3) is 17.0 Å². The molecule has 0 saturated heterocycles. The fraction of sp³-hybridized carbons (Fsp3) is 0.250. The molecule has 0 amide bonds. The topological polar surface area (TPSA) is 42.2 Å². The summed E-state index contributed by atoms with van der Waals surface area (Å²) in [6, 6.07) is 17.0. The van der Waals surface area contributed by atoms with Crippen LogP contribution in [0, 0.1) is 27.7 Å². The summed E-state index contributed by atoms with van der Waals surface area (Å²) in [5, 5.41) is 3.72. The normalized spacial score (nSPS) is 11.2. The summed E-state index contributed by atoms with van der Waals surface area (Å²) in [6.45, 7) is 10.5. The molecule has 0 aliphatic heterocycles. The van der Waals surface area contributed by atoms with E-state index in [9.17, 15) is 0 Å². The molecule has 0 saturated carbocycles. The number of aryl methyl sites for hydroxylation is 5. The summed E-state index contributed by atoms with van der Waals surface area (Å²) < 4.78 is 2.12. The summed E-state index contributed by atoms with van der Waals surface area (Å²) in [4.78, 5) is 9.58. The first kappa shape index (κ1) is 18.2. The van der Waals surface area contributed by atoms with Gasteiger partial charge in [0.15, 0.2) is 0 Å². The van der Waals surface area contributed by atoms with Crippen molar-refractivity contribution in [2.24, 2.45) is 0 Å². The number of para-hydroxylation sites is 1. The standard InChI is InChI=1S/C24H26N4/c1-6-19-9-7-8-16(3)21(19)26-23-22(20-12-10-15(2)11-13-20)27-24-25-17(4)14-18(5)28(23)24/h7-14,26H,6H2,1-5H3. The van der Waals surface area contributed by atoms with E-state index in [1.165, 1.54) is 16.7 Å². The summed E-state index contributed by atoms with van der Waals surface area (Å²) >= 11 is 0.